The lowest BCUT2D eigenvalue weighted by atomic mass is 10.0. The molecule has 4 nitrogen and oxygen atoms in total. The Kier molecular flexibility index (Phi) is 4.21. The predicted molar refractivity (Wildman–Crippen MR) is 125 cm³/mol. The van der Waals surface area contributed by atoms with Gasteiger partial charge in [0, 0.05) is 5.39 Å². The van der Waals surface area contributed by atoms with Gasteiger partial charge in [0.2, 0.25) is 0 Å². The highest BCUT2D eigenvalue weighted by Crippen LogP contribution is 2.39. The van der Waals surface area contributed by atoms with Crippen LogP contribution in [0.4, 0.5) is 5.13 Å². The number of aromatic nitrogens is 1. The fraction of sp³-hybridized carbons (Fsp3) is 0.0769. The van der Waals surface area contributed by atoms with Crippen LogP contribution in [0.25, 0.3) is 21.0 Å². The number of fused-ring (bicyclic) bond motifs is 2. The Labute approximate surface area is 183 Å². The number of rotatable bonds is 4. The third-order valence-electron chi connectivity index (χ3n) is 5.67. The average Bonchev–Trinajstić information content (AvgIpc) is 3.40. The molecule has 1 aromatic heterocycles. The van der Waals surface area contributed by atoms with E-state index in [4.69, 9.17) is 9.72 Å². The van der Waals surface area contributed by atoms with Crippen LogP contribution in [-0.4, -0.2) is 10.9 Å². The van der Waals surface area contributed by atoms with E-state index in [1.165, 1.54) is 33.2 Å². The van der Waals surface area contributed by atoms with Gasteiger partial charge in [-0.05, 0) is 59.7 Å². The molecule has 0 spiro atoms. The normalized spacial score (nSPS) is 12.4. The number of carbonyl (C=O) groups is 1. The molecular weight excluding hydrogens is 404 g/mol. The lowest BCUT2D eigenvalue weighted by Crippen LogP contribution is -2.12. The van der Waals surface area contributed by atoms with Gasteiger partial charge in [0.1, 0.15) is 11.5 Å². The maximum Gasteiger partial charge on any atom is 0.261 e. The van der Waals surface area contributed by atoms with Crippen LogP contribution in [0, 0.1) is 0 Å². The topological polar surface area (TPSA) is 51.2 Å². The third-order valence-corrected chi connectivity index (χ3v) is 6.59. The fourth-order valence-corrected chi connectivity index (χ4v) is 5.22. The van der Waals surface area contributed by atoms with Crippen molar-refractivity contribution < 1.29 is 9.53 Å². The minimum atomic E-state index is -0.233. The van der Waals surface area contributed by atoms with Gasteiger partial charge < -0.3 is 4.74 Å². The molecule has 0 atom stereocenters. The first-order valence-corrected chi connectivity index (χ1v) is 11.1. The van der Waals surface area contributed by atoms with Crippen molar-refractivity contribution in [2.24, 2.45) is 0 Å². The summed E-state index contributed by atoms with van der Waals surface area (Å²) in [4.78, 5) is 17.8. The first-order valence-electron chi connectivity index (χ1n) is 10.2. The van der Waals surface area contributed by atoms with Gasteiger partial charge in [-0.15, -0.1) is 0 Å². The van der Waals surface area contributed by atoms with Crippen molar-refractivity contribution in [3.05, 3.63) is 95.6 Å². The summed E-state index contributed by atoms with van der Waals surface area (Å²) in [5.74, 6) is 0.967. The number of amides is 1. The SMILES string of the molecule is O=C(Nc1nc2c(cc3c4c(cccc42)CC3)s1)c1ccccc1Oc1ccccc1. The van der Waals surface area contributed by atoms with Gasteiger partial charge in [0.25, 0.3) is 5.91 Å². The van der Waals surface area contributed by atoms with E-state index in [2.05, 4.69) is 29.6 Å². The molecule has 4 aromatic carbocycles. The van der Waals surface area contributed by atoms with E-state index in [0.29, 0.717) is 22.2 Å². The largest absolute Gasteiger partial charge is 0.457 e. The van der Waals surface area contributed by atoms with Crippen molar-refractivity contribution in [2.75, 3.05) is 5.32 Å². The summed E-state index contributed by atoms with van der Waals surface area (Å²) in [6.45, 7) is 0. The molecule has 1 aliphatic rings. The van der Waals surface area contributed by atoms with Gasteiger partial charge in [-0.2, -0.15) is 0 Å². The molecule has 0 unspecified atom stereocenters. The summed E-state index contributed by atoms with van der Waals surface area (Å²) in [5, 5.41) is 6.08. The quantitative estimate of drug-likeness (QED) is 0.355. The summed E-state index contributed by atoms with van der Waals surface area (Å²) in [6, 6.07) is 25.4. The van der Waals surface area contributed by atoms with E-state index < -0.39 is 0 Å². The first-order chi connectivity index (χ1) is 15.3. The van der Waals surface area contributed by atoms with Gasteiger partial charge in [0.05, 0.1) is 15.8 Å². The van der Waals surface area contributed by atoms with Crippen molar-refractivity contribution in [1.29, 1.82) is 0 Å². The molecule has 1 aliphatic carbocycles. The minimum absolute atomic E-state index is 0.233. The molecule has 1 amide bonds. The smallest absolute Gasteiger partial charge is 0.261 e. The summed E-state index contributed by atoms with van der Waals surface area (Å²) in [7, 11) is 0. The van der Waals surface area contributed by atoms with Gasteiger partial charge in [-0.1, -0.05) is 59.9 Å². The molecule has 0 fully saturated rings. The van der Waals surface area contributed by atoms with Gasteiger partial charge in [-0.25, -0.2) is 4.98 Å². The van der Waals surface area contributed by atoms with Crippen LogP contribution in [0.5, 0.6) is 11.5 Å². The Morgan fingerprint density at radius 2 is 1.71 bits per heavy atom. The van der Waals surface area contributed by atoms with E-state index in [1.807, 2.05) is 42.5 Å². The summed E-state index contributed by atoms with van der Waals surface area (Å²) < 4.78 is 7.05. The van der Waals surface area contributed by atoms with Gasteiger partial charge in [0.15, 0.2) is 5.13 Å². The molecule has 1 N–H and O–H groups in total. The number of aryl methyl sites for hydroxylation is 2. The number of hydrogen-bond acceptors (Lipinski definition) is 4. The molecule has 5 heteroatoms. The highest BCUT2D eigenvalue weighted by atomic mass is 32.1. The fourth-order valence-electron chi connectivity index (χ4n) is 4.28. The molecule has 6 rings (SSSR count). The second kappa shape index (κ2) is 7.22. The van der Waals surface area contributed by atoms with E-state index >= 15 is 0 Å². The lowest BCUT2D eigenvalue weighted by molar-refractivity contribution is 0.102. The van der Waals surface area contributed by atoms with Crippen LogP contribution in [0.3, 0.4) is 0 Å². The number of para-hydroxylation sites is 2. The average molecular weight is 423 g/mol. The maximum atomic E-state index is 13.1. The third kappa shape index (κ3) is 3.14. The zero-order valence-electron chi connectivity index (χ0n) is 16.6. The molecule has 31 heavy (non-hydrogen) atoms. The van der Waals surface area contributed by atoms with Crippen LogP contribution >= 0.6 is 11.3 Å². The highest BCUT2D eigenvalue weighted by molar-refractivity contribution is 7.22. The number of nitrogens with one attached hydrogen (secondary N) is 1. The standard InChI is InChI=1S/C26H18N2O2S/c29-25(19-10-4-5-12-21(19)30-18-8-2-1-3-9-18)28-26-27-24-20-11-6-7-16-13-14-17(23(16)20)15-22(24)31-26/h1-12,15H,13-14H2,(H,27,28,29). The van der Waals surface area contributed by atoms with Gasteiger partial charge >= 0.3 is 0 Å². The molecule has 0 bridgehead atoms. The summed E-state index contributed by atoms with van der Waals surface area (Å²) >= 11 is 1.51. The van der Waals surface area contributed by atoms with Gasteiger partial charge in [-0.3, -0.25) is 10.1 Å². The summed E-state index contributed by atoms with van der Waals surface area (Å²) in [6.07, 6.45) is 2.15. The number of hydrogen-bond donors (Lipinski definition) is 1. The number of benzene rings is 4. The van der Waals surface area contributed by atoms with Crippen molar-refractivity contribution in [3.8, 4) is 11.5 Å². The molecule has 0 aliphatic heterocycles. The Morgan fingerprint density at radius 1 is 0.903 bits per heavy atom. The predicted octanol–water partition coefficient (Wildman–Crippen LogP) is 6.59. The first kappa shape index (κ1) is 18.1. The molecule has 150 valence electrons. The number of nitrogens with zero attached hydrogens (tertiary/aromatic N) is 1. The molecule has 5 aromatic rings. The number of carbonyl (C=O) groups excluding carboxylic acids is 1. The zero-order valence-corrected chi connectivity index (χ0v) is 17.4. The molecule has 1 heterocycles. The Bertz CT molecular complexity index is 1460. The monoisotopic (exact) mass is 422 g/mol. The number of ether oxygens (including phenoxy) is 1. The lowest BCUT2D eigenvalue weighted by Gasteiger charge is -2.10. The molecule has 0 saturated heterocycles. The second-order valence-corrected chi connectivity index (χ2v) is 8.64. The molecular formula is C26H18N2O2S. The van der Waals surface area contributed by atoms with Crippen LogP contribution in [0.1, 0.15) is 21.5 Å². The van der Waals surface area contributed by atoms with Crippen molar-refractivity contribution >= 4 is 43.4 Å². The zero-order chi connectivity index (χ0) is 20.8. The summed E-state index contributed by atoms with van der Waals surface area (Å²) in [5.41, 5.74) is 4.19. The molecule has 0 saturated carbocycles. The maximum absolute atomic E-state index is 13.1. The Morgan fingerprint density at radius 3 is 2.61 bits per heavy atom. The Balaban J connectivity index is 1.34. The van der Waals surface area contributed by atoms with E-state index in [0.717, 1.165) is 23.1 Å². The van der Waals surface area contributed by atoms with Crippen LogP contribution in [0.15, 0.2) is 78.9 Å². The van der Waals surface area contributed by atoms with Crippen LogP contribution in [0.2, 0.25) is 0 Å². The van der Waals surface area contributed by atoms with Crippen LogP contribution in [-0.2, 0) is 12.8 Å². The van der Waals surface area contributed by atoms with Crippen LogP contribution < -0.4 is 10.1 Å². The minimum Gasteiger partial charge on any atom is -0.457 e. The number of thiazole rings is 1. The van der Waals surface area contributed by atoms with Crippen molar-refractivity contribution in [1.82, 2.24) is 4.98 Å². The highest BCUT2D eigenvalue weighted by Gasteiger charge is 2.20. The molecule has 0 radical (unpaired) electrons. The second-order valence-electron chi connectivity index (χ2n) is 7.61. The van der Waals surface area contributed by atoms with Crippen molar-refractivity contribution in [3.63, 3.8) is 0 Å². The van der Waals surface area contributed by atoms with E-state index in [9.17, 15) is 4.79 Å². The van der Waals surface area contributed by atoms with E-state index in [1.54, 1.807) is 12.1 Å². The van der Waals surface area contributed by atoms with E-state index in [-0.39, 0.29) is 5.91 Å². The van der Waals surface area contributed by atoms with Crippen molar-refractivity contribution in [2.45, 2.75) is 12.8 Å². The number of anilines is 1. The Hall–Kier alpha value is -3.70.